The molecule has 3 saturated carbocycles. The average Bonchev–Trinajstić information content (AvgIpc) is 3.12. The smallest absolute Gasteiger partial charge is 0.307 e. The summed E-state index contributed by atoms with van der Waals surface area (Å²) in [6, 6.07) is 11.9. The summed E-state index contributed by atoms with van der Waals surface area (Å²) in [6.45, 7) is 0. The summed E-state index contributed by atoms with van der Waals surface area (Å²) in [6.07, 6.45) is 5.08. The van der Waals surface area contributed by atoms with Crippen LogP contribution in [0.15, 0.2) is 48.7 Å². The van der Waals surface area contributed by atoms with Gasteiger partial charge in [-0.15, -0.1) is 0 Å². The fourth-order valence-electron chi connectivity index (χ4n) is 4.93. The molecule has 9 nitrogen and oxygen atoms in total. The number of nitro benzene ring substituents is 1. The zero-order valence-corrected chi connectivity index (χ0v) is 17.7. The van der Waals surface area contributed by atoms with E-state index < -0.39 is 16.4 Å². The van der Waals surface area contributed by atoms with E-state index in [-0.39, 0.29) is 22.9 Å². The van der Waals surface area contributed by atoms with E-state index >= 15 is 0 Å². The summed E-state index contributed by atoms with van der Waals surface area (Å²) in [5.41, 5.74) is 2.08. The lowest BCUT2D eigenvalue weighted by atomic mass is 9.50. The number of aromatic nitrogens is 4. The van der Waals surface area contributed by atoms with E-state index in [2.05, 4.69) is 26.0 Å². The molecule has 3 aliphatic carbocycles. The number of nitro groups is 1. The Kier molecular flexibility index (Phi) is 4.13. The number of halogens is 1. The van der Waals surface area contributed by atoms with Crippen LogP contribution in [0.5, 0.6) is 5.75 Å². The number of benzene rings is 2. The number of hydrogen-bond acceptors (Lipinski definition) is 7. The molecule has 2 aromatic heterocycles. The maximum absolute atomic E-state index is 14.0. The van der Waals surface area contributed by atoms with Crippen LogP contribution in [-0.4, -0.2) is 31.8 Å². The molecule has 0 saturated heterocycles. The van der Waals surface area contributed by atoms with Crippen LogP contribution in [-0.2, 0) is 5.54 Å². The predicted octanol–water partition coefficient (Wildman–Crippen LogP) is 4.80. The van der Waals surface area contributed by atoms with E-state index in [4.69, 9.17) is 9.84 Å². The number of nitrogens with zero attached hydrogens (tertiary/aromatic N) is 5. The first-order valence-corrected chi connectivity index (χ1v) is 10.6. The highest BCUT2D eigenvalue weighted by Crippen LogP contribution is 2.62. The molecule has 10 heteroatoms. The number of para-hydroxylation sites is 1. The van der Waals surface area contributed by atoms with Crippen molar-refractivity contribution in [3.63, 3.8) is 0 Å². The molecule has 0 spiro atoms. The van der Waals surface area contributed by atoms with Crippen molar-refractivity contribution in [2.75, 3.05) is 12.4 Å². The quantitative estimate of drug-likeness (QED) is 0.335. The molecule has 0 radical (unpaired) electrons. The Morgan fingerprint density at radius 2 is 2.03 bits per heavy atom. The molecule has 166 valence electrons. The third kappa shape index (κ3) is 2.94. The molecule has 4 aromatic rings. The largest absolute Gasteiger partial charge is 0.494 e. The van der Waals surface area contributed by atoms with Gasteiger partial charge in [-0.05, 0) is 37.3 Å². The van der Waals surface area contributed by atoms with Crippen molar-refractivity contribution < 1.29 is 14.1 Å². The minimum Gasteiger partial charge on any atom is -0.494 e. The van der Waals surface area contributed by atoms with Crippen LogP contribution >= 0.6 is 0 Å². The van der Waals surface area contributed by atoms with Crippen molar-refractivity contribution in [2.24, 2.45) is 5.92 Å². The molecule has 0 unspecified atom stereocenters. The number of fused-ring (bicyclic) bond motifs is 1. The molecular formula is C23H19FN6O3. The van der Waals surface area contributed by atoms with Crippen molar-refractivity contribution in [2.45, 2.75) is 24.8 Å². The molecule has 2 aromatic carbocycles. The van der Waals surface area contributed by atoms with Gasteiger partial charge in [0.25, 0.3) is 0 Å². The van der Waals surface area contributed by atoms with Crippen LogP contribution in [0, 0.1) is 21.8 Å². The Labute approximate surface area is 187 Å². The van der Waals surface area contributed by atoms with E-state index in [0.717, 1.165) is 53.9 Å². The molecule has 0 amide bonds. The zero-order valence-electron chi connectivity index (χ0n) is 17.7. The van der Waals surface area contributed by atoms with E-state index in [1.807, 2.05) is 18.2 Å². The highest BCUT2D eigenvalue weighted by molar-refractivity contribution is 5.92. The van der Waals surface area contributed by atoms with E-state index in [9.17, 15) is 14.5 Å². The summed E-state index contributed by atoms with van der Waals surface area (Å²) in [5.74, 6) is 0.130. The van der Waals surface area contributed by atoms with Crippen molar-refractivity contribution in [1.29, 1.82) is 0 Å². The Morgan fingerprint density at radius 1 is 1.24 bits per heavy atom. The first-order valence-electron chi connectivity index (χ1n) is 10.6. The van der Waals surface area contributed by atoms with Gasteiger partial charge in [-0.3, -0.25) is 14.8 Å². The van der Waals surface area contributed by atoms with Gasteiger partial charge in [-0.2, -0.15) is 9.49 Å². The van der Waals surface area contributed by atoms with Gasteiger partial charge in [-0.1, -0.05) is 18.2 Å². The van der Waals surface area contributed by atoms with E-state index in [1.54, 1.807) is 12.3 Å². The Balaban J connectivity index is 1.40. The minimum atomic E-state index is -0.984. The Morgan fingerprint density at radius 3 is 2.73 bits per heavy atom. The van der Waals surface area contributed by atoms with Crippen LogP contribution < -0.4 is 10.1 Å². The molecule has 7 rings (SSSR count). The molecular weight excluding hydrogens is 427 g/mol. The van der Waals surface area contributed by atoms with Gasteiger partial charge in [0.1, 0.15) is 11.4 Å². The molecule has 3 fully saturated rings. The molecule has 3 aliphatic rings. The van der Waals surface area contributed by atoms with Gasteiger partial charge in [0.2, 0.25) is 11.8 Å². The summed E-state index contributed by atoms with van der Waals surface area (Å²) in [7, 11) is 1.35. The van der Waals surface area contributed by atoms with Gasteiger partial charge in [0, 0.05) is 23.7 Å². The van der Waals surface area contributed by atoms with Crippen LogP contribution in [0.4, 0.5) is 21.7 Å². The van der Waals surface area contributed by atoms with Gasteiger partial charge in [0.15, 0.2) is 0 Å². The predicted molar refractivity (Wildman–Crippen MR) is 119 cm³/mol. The van der Waals surface area contributed by atoms with Crippen LogP contribution in [0.3, 0.4) is 0 Å². The third-order valence-electron chi connectivity index (χ3n) is 6.65. The van der Waals surface area contributed by atoms with Gasteiger partial charge < -0.3 is 10.1 Å². The molecule has 0 aliphatic heterocycles. The topological polar surface area (TPSA) is 108 Å². The van der Waals surface area contributed by atoms with Gasteiger partial charge >= 0.3 is 5.69 Å². The lowest BCUT2D eigenvalue weighted by Crippen LogP contribution is -2.59. The monoisotopic (exact) mass is 446 g/mol. The second kappa shape index (κ2) is 6.96. The summed E-state index contributed by atoms with van der Waals surface area (Å²) < 4.78 is 21.3. The van der Waals surface area contributed by atoms with Gasteiger partial charge in [-0.25, -0.2) is 9.97 Å². The second-order valence-corrected chi connectivity index (χ2v) is 8.63. The molecule has 2 bridgehead atoms. The van der Waals surface area contributed by atoms with Crippen LogP contribution in [0.1, 0.15) is 19.3 Å². The van der Waals surface area contributed by atoms with Crippen molar-refractivity contribution >= 4 is 28.2 Å². The van der Waals surface area contributed by atoms with Crippen LogP contribution in [0.2, 0.25) is 0 Å². The maximum Gasteiger partial charge on any atom is 0.307 e. The highest BCUT2D eigenvalue weighted by Gasteiger charge is 2.59. The normalized spacial score (nSPS) is 20.7. The Hall–Kier alpha value is -4.08. The maximum atomic E-state index is 14.0. The SMILES string of the molecule is COc1cc(F)c([N+](=O)[O-])cc1Nc1nccc(-c2nn(C34CC(C3)C4)c3ccccc23)n1. The van der Waals surface area contributed by atoms with Crippen LogP contribution in [0.25, 0.3) is 22.3 Å². The van der Waals surface area contributed by atoms with E-state index in [0.29, 0.717) is 5.69 Å². The Bertz CT molecular complexity index is 1420. The number of anilines is 2. The minimum absolute atomic E-state index is 0.102. The summed E-state index contributed by atoms with van der Waals surface area (Å²) >= 11 is 0. The first kappa shape index (κ1) is 19.6. The number of ether oxygens (including phenoxy) is 1. The van der Waals surface area contributed by atoms with Gasteiger partial charge in [0.05, 0.1) is 34.5 Å². The average molecular weight is 446 g/mol. The molecule has 0 atom stereocenters. The van der Waals surface area contributed by atoms with E-state index in [1.165, 1.54) is 7.11 Å². The molecule has 2 heterocycles. The van der Waals surface area contributed by atoms with Crippen molar-refractivity contribution in [1.82, 2.24) is 19.7 Å². The lowest BCUT2D eigenvalue weighted by molar-refractivity contribution is -0.387. The fourth-order valence-corrected chi connectivity index (χ4v) is 4.93. The fraction of sp³-hybridized carbons (Fsp3) is 0.261. The zero-order chi connectivity index (χ0) is 22.7. The summed E-state index contributed by atoms with van der Waals surface area (Å²) in [5, 5.41) is 20.0. The molecule has 1 N–H and O–H groups in total. The lowest BCUT2D eigenvalue weighted by Gasteiger charge is -2.61. The van der Waals surface area contributed by atoms with Crippen molar-refractivity contribution in [3.8, 4) is 17.1 Å². The number of nitrogens with one attached hydrogen (secondary N) is 1. The number of hydrogen-bond donors (Lipinski definition) is 1. The third-order valence-corrected chi connectivity index (χ3v) is 6.65. The summed E-state index contributed by atoms with van der Waals surface area (Å²) in [4.78, 5) is 19.2. The first-order chi connectivity index (χ1) is 16.0. The highest BCUT2D eigenvalue weighted by atomic mass is 19.1. The second-order valence-electron chi connectivity index (χ2n) is 8.63. The standard InChI is InChI=1S/C23H19FN6O3/c1-33-20-8-15(24)19(30(31)32)9-17(20)27-22-25-7-6-16(26-22)21-14-4-2-3-5-18(14)29(28-21)23-10-13(11-23)12-23/h2-9,13H,10-12H2,1H3,(H,25,26,27). The van der Waals surface area contributed by atoms with Crippen molar-refractivity contribution in [3.05, 3.63) is 64.6 Å². The number of methoxy groups -OCH3 is 1. The number of rotatable bonds is 6. The molecule has 33 heavy (non-hydrogen) atoms.